The van der Waals surface area contributed by atoms with Crippen molar-refractivity contribution in [1.82, 2.24) is 5.32 Å². The molecule has 1 aliphatic heterocycles. The van der Waals surface area contributed by atoms with Crippen LogP contribution in [0.4, 0.5) is 0 Å². The van der Waals surface area contributed by atoms with Gasteiger partial charge in [-0.05, 0) is 39.0 Å². The number of allylic oxidation sites excluding steroid dienone is 3. The molecule has 7 N–H and O–H groups in total. The third-order valence-corrected chi connectivity index (χ3v) is 9.50. The van der Waals surface area contributed by atoms with Crippen molar-refractivity contribution < 1.29 is 44.9 Å². The van der Waals surface area contributed by atoms with E-state index < -0.39 is 61.5 Å². The Labute approximate surface area is 297 Å². The summed E-state index contributed by atoms with van der Waals surface area (Å²) in [5.41, 5.74) is 1.36. The highest BCUT2D eigenvalue weighted by molar-refractivity contribution is 5.80. The molecule has 1 aliphatic rings. The van der Waals surface area contributed by atoms with Crippen molar-refractivity contribution in [2.24, 2.45) is 0 Å². The molecule has 8 atom stereocenters. The Balaban J connectivity index is 2.63. The van der Waals surface area contributed by atoms with Crippen molar-refractivity contribution in [3.63, 3.8) is 0 Å². The minimum Gasteiger partial charge on any atom is -0.394 e. The van der Waals surface area contributed by atoms with Gasteiger partial charge in [-0.2, -0.15) is 0 Å². The van der Waals surface area contributed by atoms with Crippen molar-refractivity contribution in [1.29, 1.82) is 0 Å². The van der Waals surface area contributed by atoms with Gasteiger partial charge in [-0.3, -0.25) is 4.79 Å². The van der Waals surface area contributed by atoms with Gasteiger partial charge in [0, 0.05) is 0 Å². The molecule has 49 heavy (non-hydrogen) atoms. The average Bonchev–Trinajstić information content (AvgIpc) is 3.09. The molecule has 0 aromatic rings. The van der Waals surface area contributed by atoms with Crippen LogP contribution in [0.25, 0.3) is 0 Å². The first kappa shape index (κ1) is 45.7. The number of hydrogen-bond acceptors (Lipinski definition) is 9. The van der Waals surface area contributed by atoms with Crippen molar-refractivity contribution in [2.45, 2.75) is 205 Å². The Kier molecular flexibility index (Phi) is 27.2. The number of carbonyl (C=O) groups excluding carboxylic acids is 1. The average molecular weight is 700 g/mol. The summed E-state index contributed by atoms with van der Waals surface area (Å²) < 4.78 is 11.1. The molecule has 0 aromatic carbocycles. The van der Waals surface area contributed by atoms with Gasteiger partial charge in [0.05, 0.1) is 25.4 Å². The number of amides is 1. The fourth-order valence-electron chi connectivity index (χ4n) is 6.12. The number of unbranched alkanes of at least 4 members (excludes halogenated alkanes) is 16. The molecule has 1 heterocycles. The molecule has 0 aliphatic carbocycles. The summed E-state index contributed by atoms with van der Waals surface area (Å²) in [6.45, 7) is 5.68. The summed E-state index contributed by atoms with van der Waals surface area (Å²) >= 11 is 0. The van der Waals surface area contributed by atoms with E-state index in [1.807, 2.05) is 6.08 Å². The number of ether oxygens (including phenoxy) is 2. The second-order valence-corrected chi connectivity index (χ2v) is 14.1. The standard InChI is InChI=1S/C39H73NO9/c1-4-6-8-10-12-13-14-16-18-22-27-33(43)38(47)40-31(29-48-39-37(46)36(45)35(44)34(28-41)49-39)32(42)26-23-19-21-25-30(3)24-20-17-15-11-9-7-5-2/h23,25-26,31-37,39,41-46H,4-22,24,27-29H2,1-3H3,(H,40,47)/b26-23+,30-25+/t31-,32+,33+,34+,35+,36-,37+,39+/m0/s1. The summed E-state index contributed by atoms with van der Waals surface area (Å²) in [7, 11) is 0. The molecule has 0 unspecified atom stereocenters. The molecule has 1 rings (SSSR count). The normalized spacial score (nSPS) is 23.5. The molecule has 1 amide bonds. The molecule has 288 valence electrons. The second kappa shape index (κ2) is 29.2. The van der Waals surface area contributed by atoms with Gasteiger partial charge in [0.25, 0.3) is 0 Å². The van der Waals surface area contributed by atoms with E-state index in [0.717, 1.165) is 32.1 Å². The maximum atomic E-state index is 12.9. The number of hydrogen-bond donors (Lipinski definition) is 7. The van der Waals surface area contributed by atoms with E-state index in [9.17, 15) is 35.4 Å². The molecule has 10 heteroatoms. The van der Waals surface area contributed by atoms with Crippen LogP contribution in [0.15, 0.2) is 23.8 Å². The fourth-order valence-corrected chi connectivity index (χ4v) is 6.12. The van der Waals surface area contributed by atoms with Gasteiger partial charge in [-0.15, -0.1) is 0 Å². The molecule has 1 fully saturated rings. The predicted octanol–water partition coefficient (Wildman–Crippen LogP) is 5.74. The van der Waals surface area contributed by atoms with Gasteiger partial charge < -0.3 is 45.4 Å². The zero-order chi connectivity index (χ0) is 36.3. The van der Waals surface area contributed by atoms with Crippen molar-refractivity contribution >= 4 is 5.91 Å². The molecule has 0 radical (unpaired) electrons. The van der Waals surface area contributed by atoms with Gasteiger partial charge in [-0.25, -0.2) is 0 Å². The molecule has 0 bridgehead atoms. The fraction of sp³-hybridized carbons (Fsp3) is 0.872. The second-order valence-electron chi connectivity index (χ2n) is 14.1. The first-order chi connectivity index (χ1) is 23.7. The summed E-state index contributed by atoms with van der Waals surface area (Å²) in [5.74, 6) is -0.630. The van der Waals surface area contributed by atoms with Crippen molar-refractivity contribution in [3.05, 3.63) is 23.8 Å². The van der Waals surface area contributed by atoms with Crippen LogP contribution in [0, 0.1) is 0 Å². The summed E-state index contributed by atoms with van der Waals surface area (Å²) in [5, 5.41) is 64.3. The highest BCUT2D eigenvalue weighted by Crippen LogP contribution is 2.22. The van der Waals surface area contributed by atoms with E-state index in [1.165, 1.54) is 89.0 Å². The van der Waals surface area contributed by atoms with E-state index in [2.05, 4.69) is 32.2 Å². The predicted molar refractivity (Wildman–Crippen MR) is 195 cm³/mol. The zero-order valence-electron chi connectivity index (χ0n) is 31.0. The first-order valence-electron chi connectivity index (χ1n) is 19.6. The number of rotatable bonds is 30. The molecular formula is C39H73NO9. The van der Waals surface area contributed by atoms with Crippen LogP contribution in [-0.2, 0) is 14.3 Å². The molecule has 0 aromatic heterocycles. The zero-order valence-corrected chi connectivity index (χ0v) is 31.0. The Morgan fingerprint density at radius 1 is 0.776 bits per heavy atom. The van der Waals surface area contributed by atoms with Gasteiger partial charge in [0.15, 0.2) is 6.29 Å². The van der Waals surface area contributed by atoms with Gasteiger partial charge >= 0.3 is 0 Å². The Hall–Kier alpha value is -1.37. The van der Waals surface area contributed by atoms with E-state index in [4.69, 9.17) is 9.47 Å². The maximum absolute atomic E-state index is 12.9. The molecular weight excluding hydrogens is 626 g/mol. The minimum atomic E-state index is -1.61. The molecule has 0 saturated carbocycles. The Morgan fingerprint density at radius 3 is 1.90 bits per heavy atom. The minimum absolute atomic E-state index is 0.305. The van der Waals surface area contributed by atoms with E-state index >= 15 is 0 Å². The van der Waals surface area contributed by atoms with Crippen LogP contribution in [0.3, 0.4) is 0 Å². The van der Waals surface area contributed by atoms with Crippen LogP contribution in [0.2, 0.25) is 0 Å². The molecule has 1 saturated heterocycles. The summed E-state index contributed by atoms with van der Waals surface area (Å²) in [6.07, 6.45) is 19.3. The van der Waals surface area contributed by atoms with Crippen LogP contribution in [0.5, 0.6) is 0 Å². The first-order valence-corrected chi connectivity index (χ1v) is 19.6. The number of aliphatic hydroxyl groups is 6. The van der Waals surface area contributed by atoms with Crippen LogP contribution >= 0.6 is 0 Å². The van der Waals surface area contributed by atoms with Crippen LogP contribution in [-0.4, -0.2) is 98.7 Å². The number of aliphatic hydroxyl groups excluding tert-OH is 6. The Morgan fingerprint density at radius 2 is 1.33 bits per heavy atom. The highest BCUT2D eigenvalue weighted by atomic mass is 16.7. The van der Waals surface area contributed by atoms with Gasteiger partial charge in [0.2, 0.25) is 5.91 Å². The number of nitrogens with one attached hydrogen (secondary N) is 1. The lowest BCUT2D eigenvalue weighted by Crippen LogP contribution is -2.60. The van der Waals surface area contributed by atoms with Crippen molar-refractivity contribution in [3.8, 4) is 0 Å². The highest BCUT2D eigenvalue weighted by Gasteiger charge is 2.44. The topological polar surface area (TPSA) is 169 Å². The third kappa shape index (κ3) is 20.9. The largest absolute Gasteiger partial charge is 0.394 e. The number of carbonyl (C=O) groups is 1. The lowest BCUT2D eigenvalue weighted by atomic mass is 9.99. The van der Waals surface area contributed by atoms with E-state index in [0.29, 0.717) is 19.3 Å². The third-order valence-electron chi connectivity index (χ3n) is 9.50. The molecule has 10 nitrogen and oxygen atoms in total. The van der Waals surface area contributed by atoms with E-state index in [-0.39, 0.29) is 6.61 Å². The lowest BCUT2D eigenvalue weighted by molar-refractivity contribution is -0.302. The lowest BCUT2D eigenvalue weighted by Gasteiger charge is -2.40. The SMILES string of the molecule is CCCCCCCCCCCC[C@@H](O)C(=O)N[C@@H](CO[C@@H]1O[C@H](CO)[C@@H](O)[C@H](O)[C@H]1O)[C@H](O)/C=C/CC/C=C(\C)CCCCCCCCC. The van der Waals surface area contributed by atoms with Gasteiger partial charge in [-0.1, -0.05) is 140 Å². The summed E-state index contributed by atoms with van der Waals surface area (Å²) in [4.78, 5) is 12.9. The molecule has 0 spiro atoms. The smallest absolute Gasteiger partial charge is 0.249 e. The monoisotopic (exact) mass is 700 g/mol. The van der Waals surface area contributed by atoms with Crippen LogP contribution < -0.4 is 5.32 Å². The van der Waals surface area contributed by atoms with Crippen LogP contribution in [0.1, 0.15) is 156 Å². The van der Waals surface area contributed by atoms with E-state index in [1.54, 1.807) is 6.08 Å². The summed E-state index contributed by atoms with van der Waals surface area (Å²) in [6, 6.07) is -0.993. The van der Waals surface area contributed by atoms with Gasteiger partial charge in [0.1, 0.15) is 30.5 Å². The quantitative estimate of drug-likeness (QED) is 0.0365. The Bertz CT molecular complexity index is 867. The maximum Gasteiger partial charge on any atom is 0.249 e. The van der Waals surface area contributed by atoms with Crippen molar-refractivity contribution in [2.75, 3.05) is 13.2 Å².